The number of hydrogen-bond acceptors (Lipinski definition) is 5. The van der Waals surface area contributed by atoms with Crippen molar-refractivity contribution >= 4 is 17.4 Å². The molecule has 0 aliphatic carbocycles. The predicted molar refractivity (Wildman–Crippen MR) is 93.8 cm³/mol. The van der Waals surface area contributed by atoms with Crippen molar-refractivity contribution in [1.29, 1.82) is 0 Å². The van der Waals surface area contributed by atoms with Gasteiger partial charge in [0, 0.05) is 26.2 Å². The quantitative estimate of drug-likeness (QED) is 0.897. The van der Waals surface area contributed by atoms with Crippen molar-refractivity contribution in [3.8, 4) is 0 Å². The minimum Gasteiger partial charge on any atom is -0.384 e. The molecular weight excluding hydrogens is 304 g/mol. The molecule has 2 aromatic rings. The summed E-state index contributed by atoms with van der Waals surface area (Å²) >= 11 is 0. The summed E-state index contributed by atoms with van der Waals surface area (Å²) in [7, 11) is 1.82. The highest BCUT2D eigenvalue weighted by atomic mass is 16.2. The molecule has 0 spiro atoms. The lowest BCUT2D eigenvalue weighted by Crippen LogP contribution is -2.33. The van der Waals surface area contributed by atoms with Gasteiger partial charge in [0.15, 0.2) is 0 Å². The molecule has 7 heteroatoms. The minimum atomic E-state index is 0.0629. The number of aromatic nitrogens is 3. The van der Waals surface area contributed by atoms with Crippen LogP contribution in [0, 0.1) is 6.92 Å². The minimum absolute atomic E-state index is 0.0629. The van der Waals surface area contributed by atoms with Crippen LogP contribution in [0.15, 0.2) is 24.4 Å². The highest BCUT2D eigenvalue weighted by molar-refractivity contribution is 5.92. The average Bonchev–Trinajstić information content (AvgIpc) is 2.75. The van der Waals surface area contributed by atoms with E-state index in [1.165, 1.54) is 0 Å². The van der Waals surface area contributed by atoms with Gasteiger partial charge in [-0.15, -0.1) is 0 Å². The van der Waals surface area contributed by atoms with E-state index in [1.807, 2.05) is 31.0 Å². The molecule has 7 nitrogen and oxygen atoms in total. The van der Waals surface area contributed by atoms with Crippen LogP contribution in [0.25, 0.3) is 0 Å². The van der Waals surface area contributed by atoms with Crippen molar-refractivity contribution in [2.45, 2.75) is 32.2 Å². The number of carbonyl (C=O) groups is 1. The van der Waals surface area contributed by atoms with Gasteiger partial charge in [0.2, 0.25) is 0 Å². The zero-order valence-corrected chi connectivity index (χ0v) is 14.2. The van der Waals surface area contributed by atoms with E-state index in [1.54, 1.807) is 16.9 Å². The van der Waals surface area contributed by atoms with Crippen molar-refractivity contribution in [3.05, 3.63) is 35.8 Å². The molecule has 2 aromatic heterocycles. The molecule has 1 aliphatic heterocycles. The Kier molecular flexibility index (Phi) is 4.69. The molecule has 0 saturated carbocycles. The number of likely N-dealkylation sites (tertiary alicyclic amines) is 1. The number of nitrogens with one attached hydrogen (secondary N) is 1. The van der Waals surface area contributed by atoms with Crippen LogP contribution in [0.1, 0.15) is 35.4 Å². The van der Waals surface area contributed by atoms with E-state index in [0.717, 1.165) is 43.7 Å². The van der Waals surface area contributed by atoms with Gasteiger partial charge in [0.25, 0.3) is 5.91 Å². The lowest BCUT2D eigenvalue weighted by atomic mass is 10.1. The number of amides is 1. The van der Waals surface area contributed by atoms with E-state index in [0.29, 0.717) is 17.6 Å². The maximum Gasteiger partial charge on any atom is 0.272 e. The predicted octanol–water partition coefficient (Wildman–Crippen LogP) is 1.81. The summed E-state index contributed by atoms with van der Waals surface area (Å²) in [6.45, 7) is 3.42. The average molecular weight is 328 g/mol. The van der Waals surface area contributed by atoms with Crippen molar-refractivity contribution in [2.75, 3.05) is 24.1 Å². The molecule has 128 valence electrons. The molecule has 0 radical (unpaired) electrons. The third-order valence-corrected chi connectivity index (χ3v) is 4.39. The Morgan fingerprint density at radius 1 is 1.33 bits per heavy atom. The molecule has 3 N–H and O–H groups in total. The second-order valence-corrected chi connectivity index (χ2v) is 6.33. The Labute approximate surface area is 141 Å². The summed E-state index contributed by atoms with van der Waals surface area (Å²) < 4.78 is 1.67. The molecule has 0 aromatic carbocycles. The van der Waals surface area contributed by atoms with E-state index in [9.17, 15) is 4.79 Å². The Morgan fingerprint density at radius 2 is 2.17 bits per heavy atom. The van der Waals surface area contributed by atoms with Gasteiger partial charge in [-0.2, -0.15) is 5.10 Å². The van der Waals surface area contributed by atoms with E-state index >= 15 is 0 Å². The maximum absolute atomic E-state index is 12.7. The van der Waals surface area contributed by atoms with Crippen LogP contribution in [0.4, 0.5) is 11.5 Å². The van der Waals surface area contributed by atoms with E-state index in [2.05, 4.69) is 15.4 Å². The highest BCUT2D eigenvalue weighted by Gasteiger charge is 2.23. The second-order valence-electron chi connectivity index (χ2n) is 6.33. The summed E-state index contributed by atoms with van der Waals surface area (Å²) in [5.74, 6) is 0.581. The van der Waals surface area contributed by atoms with Crippen LogP contribution in [0.2, 0.25) is 0 Å². The summed E-state index contributed by atoms with van der Waals surface area (Å²) in [4.78, 5) is 18.7. The molecule has 1 amide bonds. The molecular formula is C17H24N6O. The van der Waals surface area contributed by atoms with Gasteiger partial charge < -0.3 is 16.0 Å². The lowest BCUT2D eigenvalue weighted by molar-refractivity contribution is 0.0750. The molecule has 0 unspecified atom stereocenters. The number of rotatable bonds is 3. The Hall–Kier alpha value is -2.57. The molecule has 3 rings (SSSR count). The summed E-state index contributed by atoms with van der Waals surface area (Å²) in [5.41, 5.74) is 8.11. The number of nitrogens with zero attached hydrogens (tertiary/aromatic N) is 4. The van der Waals surface area contributed by atoms with Crippen molar-refractivity contribution in [1.82, 2.24) is 19.7 Å². The van der Waals surface area contributed by atoms with Crippen molar-refractivity contribution in [2.24, 2.45) is 7.05 Å². The summed E-state index contributed by atoms with van der Waals surface area (Å²) in [5, 5.41) is 7.76. The van der Waals surface area contributed by atoms with Crippen LogP contribution in [-0.2, 0) is 7.05 Å². The number of nitrogen functional groups attached to an aromatic ring is 1. The first-order valence-electron chi connectivity index (χ1n) is 8.31. The number of hydrogen-bond donors (Lipinski definition) is 2. The first-order valence-corrected chi connectivity index (χ1v) is 8.31. The van der Waals surface area contributed by atoms with Crippen LogP contribution in [0.5, 0.6) is 0 Å². The summed E-state index contributed by atoms with van der Waals surface area (Å²) in [6, 6.07) is 5.92. The zero-order valence-electron chi connectivity index (χ0n) is 14.2. The number of pyridine rings is 1. The van der Waals surface area contributed by atoms with Gasteiger partial charge in [0.05, 0.1) is 17.6 Å². The normalized spacial score (nSPS) is 18.2. The number of nitrogens with two attached hydrogens (primary N) is 1. The fourth-order valence-corrected chi connectivity index (χ4v) is 3.14. The third-order valence-electron chi connectivity index (χ3n) is 4.39. The fourth-order valence-electron chi connectivity index (χ4n) is 3.14. The van der Waals surface area contributed by atoms with E-state index in [-0.39, 0.29) is 5.91 Å². The third kappa shape index (κ3) is 3.67. The maximum atomic E-state index is 12.7. The molecule has 24 heavy (non-hydrogen) atoms. The standard InChI is InChI=1S/C17H24N6O/c1-12-10-15(22(2)21-12)17(24)23-8-3-4-13(7-9-23)20-14-5-6-16(18)19-11-14/h5-6,10-11,13,20H,3-4,7-9H2,1-2H3,(H2,18,19)/t13-/m0/s1. The first-order chi connectivity index (χ1) is 11.5. The fraction of sp³-hybridized carbons (Fsp3) is 0.471. The molecule has 1 saturated heterocycles. The van der Waals surface area contributed by atoms with Crippen LogP contribution >= 0.6 is 0 Å². The van der Waals surface area contributed by atoms with Crippen LogP contribution < -0.4 is 11.1 Å². The second kappa shape index (κ2) is 6.90. The Balaban J connectivity index is 1.61. The van der Waals surface area contributed by atoms with Crippen molar-refractivity contribution < 1.29 is 4.79 Å². The Bertz CT molecular complexity index is 708. The summed E-state index contributed by atoms with van der Waals surface area (Å²) in [6.07, 6.45) is 4.66. The van der Waals surface area contributed by atoms with E-state index in [4.69, 9.17) is 5.73 Å². The number of carbonyl (C=O) groups excluding carboxylic acids is 1. The molecule has 1 fully saturated rings. The molecule has 3 heterocycles. The van der Waals surface area contributed by atoms with Gasteiger partial charge >= 0.3 is 0 Å². The molecule has 0 bridgehead atoms. The van der Waals surface area contributed by atoms with Crippen molar-refractivity contribution in [3.63, 3.8) is 0 Å². The Morgan fingerprint density at radius 3 is 2.83 bits per heavy atom. The van der Waals surface area contributed by atoms with Crippen LogP contribution in [0.3, 0.4) is 0 Å². The smallest absolute Gasteiger partial charge is 0.272 e. The van der Waals surface area contributed by atoms with E-state index < -0.39 is 0 Å². The SMILES string of the molecule is Cc1cc(C(=O)N2CCC[C@H](Nc3ccc(N)nc3)CC2)n(C)n1. The van der Waals surface area contributed by atoms with Gasteiger partial charge in [-0.1, -0.05) is 0 Å². The zero-order chi connectivity index (χ0) is 17.1. The van der Waals surface area contributed by atoms with Gasteiger partial charge in [0.1, 0.15) is 11.5 Å². The monoisotopic (exact) mass is 328 g/mol. The molecule has 1 aliphatic rings. The molecule has 1 atom stereocenters. The van der Waals surface area contributed by atoms with Gasteiger partial charge in [-0.05, 0) is 44.4 Å². The van der Waals surface area contributed by atoms with Gasteiger partial charge in [-0.25, -0.2) is 4.98 Å². The lowest BCUT2D eigenvalue weighted by Gasteiger charge is -2.21. The highest BCUT2D eigenvalue weighted by Crippen LogP contribution is 2.18. The first kappa shape index (κ1) is 16.3. The topological polar surface area (TPSA) is 89.1 Å². The number of anilines is 2. The van der Waals surface area contributed by atoms with Crippen LogP contribution in [-0.4, -0.2) is 44.7 Å². The van der Waals surface area contributed by atoms with Gasteiger partial charge in [-0.3, -0.25) is 9.48 Å². The largest absolute Gasteiger partial charge is 0.384 e. The number of aryl methyl sites for hydroxylation is 2.